The molecule has 0 aromatic heterocycles. The fraction of sp³-hybridized carbons (Fsp3) is 1.00. The molecular formula is C13H24O2. The van der Waals surface area contributed by atoms with E-state index in [2.05, 4.69) is 13.8 Å². The van der Waals surface area contributed by atoms with Crippen molar-refractivity contribution in [3.05, 3.63) is 0 Å². The van der Waals surface area contributed by atoms with Crippen molar-refractivity contribution < 1.29 is 9.47 Å². The highest BCUT2D eigenvalue weighted by Crippen LogP contribution is 2.47. The van der Waals surface area contributed by atoms with Crippen LogP contribution < -0.4 is 0 Å². The first-order chi connectivity index (χ1) is 7.28. The standard InChI is InChI=1S/C13H24O2/c1-3-4-5-6-12-11(2)7-8-13(12)14-9-10-15-13/h11-12H,3-10H2,1-2H3/t11-,12+/m0/s1. The molecule has 2 fully saturated rings. The number of rotatable bonds is 4. The van der Waals surface area contributed by atoms with Gasteiger partial charge in [-0.3, -0.25) is 0 Å². The first-order valence-corrected chi connectivity index (χ1v) is 6.56. The van der Waals surface area contributed by atoms with Crippen LogP contribution in [0.4, 0.5) is 0 Å². The van der Waals surface area contributed by atoms with E-state index in [1.54, 1.807) is 0 Å². The average Bonchev–Trinajstić information content (AvgIpc) is 2.81. The molecule has 1 spiro atoms. The van der Waals surface area contributed by atoms with Crippen molar-refractivity contribution in [2.45, 2.75) is 58.2 Å². The molecule has 0 aromatic carbocycles. The molecule has 0 bridgehead atoms. The summed E-state index contributed by atoms with van der Waals surface area (Å²) in [5.74, 6) is 1.25. The van der Waals surface area contributed by atoms with Crippen LogP contribution in [0.2, 0.25) is 0 Å². The largest absolute Gasteiger partial charge is 0.347 e. The Balaban J connectivity index is 1.92. The molecule has 2 rings (SSSR count). The Labute approximate surface area is 93.3 Å². The minimum absolute atomic E-state index is 0.173. The summed E-state index contributed by atoms with van der Waals surface area (Å²) in [6.07, 6.45) is 7.66. The van der Waals surface area contributed by atoms with Crippen LogP contribution >= 0.6 is 0 Å². The van der Waals surface area contributed by atoms with Gasteiger partial charge >= 0.3 is 0 Å². The van der Waals surface area contributed by atoms with E-state index >= 15 is 0 Å². The summed E-state index contributed by atoms with van der Waals surface area (Å²) in [5, 5.41) is 0. The lowest BCUT2D eigenvalue weighted by Crippen LogP contribution is -2.36. The monoisotopic (exact) mass is 212 g/mol. The molecule has 1 heterocycles. The van der Waals surface area contributed by atoms with E-state index in [4.69, 9.17) is 9.47 Å². The zero-order valence-corrected chi connectivity index (χ0v) is 10.1. The summed E-state index contributed by atoms with van der Waals surface area (Å²) < 4.78 is 11.8. The molecule has 0 amide bonds. The average molecular weight is 212 g/mol. The molecule has 15 heavy (non-hydrogen) atoms. The molecule has 1 aliphatic carbocycles. The van der Waals surface area contributed by atoms with Crippen molar-refractivity contribution in [3.63, 3.8) is 0 Å². The second kappa shape index (κ2) is 4.84. The van der Waals surface area contributed by atoms with Gasteiger partial charge in [0.25, 0.3) is 0 Å². The smallest absolute Gasteiger partial charge is 0.171 e. The second-order valence-corrected chi connectivity index (χ2v) is 5.13. The summed E-state index contributed by atoms with van der Waals surface area (Å²) in [5.41, 5.74) is 0. The first-order valence-electron chi connectivity index (χ1n) is 6.56. The van der Waals surface area contributed by atoms with Gasteiger partial charge in [0, 0.05) is 12.3 Å². The Kier molecular flexibility index (Phi) is 3.68. The van der Waals surface area contributed by atoms with Gasteiger partial charge in [-0.1, -0.05) is 33.1 Å². The maximum Gasteiger partial charge on any atom is 0.171 e. The van der Waals surface area contributed by atoms with E-state index in [1.807, 2.05) is 0 Å². The van der Waals surface area contributed by atoms with Crippen molar-refractivity contribution in [2.75, 3.05) is 13.2 Å². The molecule has 0 N–H and O–H groups in total. The zero-order valence-electron chi connectivity index (χ0n) is 10.1. The number of hydrogen-bond donors (Lipinski definition) is 0. The lowest BCUT2D eigenvalue weighted by molar-refractivity contribution is -0.187. The lowest BCUT2D eigenvalue weighted by Gasteiger charge is -2.31. The molecule has 2 atom stereocenters. The Bertz CT molecular complexity index is 197. The quantitative estimate of drug-likeness (QED) is 0.665. The van der Waals surface area contributed by atoms with E-state index < -0.39 is 0 Å². The predicted octanol–water partition coefficient (Wildman–Crippen LogP) is 3.36. The summed E-state index contributed by atoms with van der Waals surface area (Å²) >= 11 is 0. The maximum atomic E-state index is 5.89. The highest BCUT2D eigenvalue weighted by Gasteiger charge is 2.50. The molecule has 0 aromatic rings. The molecule has 1 saturated carbocycles. The van der Waals surface area contributed by atoms with Crippen LogP contribution in [-0.2, 0) is 9.47 Å². The minimum atomic E-state index is -0.173. The van der Waals surface area contributed by atoms with Crippen LogP contribution in [0.25, 0.3) is 0 Å². The van der Waals surface area contributed by atoms with Gasteiger partial charge in [-0.15, -0.1) is 0 Å². The third-order valence-corrected chi connectivity index (χ3v) is 4.09. The van der Waals surface area contributed by atoms with Crippen LogP contribution in [0.3, 0.4) is 0 Å². The van der Waals surface area contributed by atoms with Gasteiger partial charge in [-0.05, 0) is 18.8 Å². The Hall–Kier alpha value is -0.0800. The van der Waals surface area contributed by atoms with Crippen molar-refractivity contribution in [1.82, 2.24) is 0 Å². The fourth-order valence-corrected chi connectivity index (χ4v) is 3.20. The normalized spacial score (nSPS) is 34.0. The van der Waals surface area contributed by atoms with Crippen LogP contribution in [0.5, 0.6) is 0 Å². The molecule has 2 heteroatoms. The van der Waals surface area contributed by atoms with E-state index in [9.17, 15) is 0 Å². The number of ether oxygens (including phenoxy) is 2. The predicted molar refractivity (Wildman–Crippen MR) is 60.7 cm³/mol. The summed E-state index contributed by atoms with van der Waals surface area (Å²) in [6, 6.07) is 0. The first kappa shape index (κ1) is 11.4. The Morgan fingerprint density at radius 1 is 1.20 bits per heavy atom. The third-order valence-electron chi connectivity index (χ3n) is 4.09. The van der Waals surface area contributed by atoms with Gasteiger partial charge in [0.2, 0.25) is 0 Å². The molecule has 0 unspecified atom stereocenters. The highest BCUT2D eigenvalue weighted by atomic mass is 16.7. The topological polar surface area (TPSA) is 18.5 Å². The van der Waals surface area contributed by atoms with Gasteiger partial charge in [-0.25, -0.2) is 0 Å². The van der Waals surface area contributed by atoms with Crippen molar-refractivity contribution in [3.8, 4) is 0 Å². The lowest BCUT2D eigenvalue weighted by atomic mass is 9.89. The van der Waals surface area contributed by atoms with Gasteiger partial charge in [0.15, 0.2) is 5.79 Å². The molecule has 1 saturated heterocycles. The van der Waals surface area contributed by atoms with Gasteiger partial charge < -0.3 is 9.47 Å². The van der Waals surface area contributed by atoms with Crippen LogP contribution in [-0.4, -0.2) is 19.0 Å². The van der Waals surface area contributed by atoms with Crippen LogP contribution in [0, 0.1) is 11.8 Å². The van der Waals surface area contributed by atoms with Crippen molar-refractivity contribution in [1.29, 1.82) is 0 Å². The number of hydrogen-bond acceptors (Lipinski definition) is 2. The van der Waals surface area contributed by atoms with E-state index in [1.165, 1.54) is 32.1 Å². The summed E-state index contributed by atoms with van der Waals surface area (Å²) in [6.45, 7) is 6.22. The van der Waals surface area contributed by atoms with Crippen LogP contribution in [0.1, 0.15) is 52.4 Å². The molecule has 1 aliphatic heterocycles. The molecule has 2 nitrogen and oxygen atoms in total. The van der Waals surface area contributed by atoms with E-state index in [0.717, 1.165) is 25.6 Å². The van der Waals surface area contributed by atoms with Gasteiger partial charge in [0.05, 0.1) is 13.2 Å². The van der Waals surface area contributed by atoms with Gasteiger partial charge in [0.1, 0.15) is 0 Å². The van der Waals surface area contributed by atoms with E-state index in [0.29, 0.717) is 5.92 Å². The molecule has 0 radical (unpaired) electrons. The molecular weight excluding hydrogens is 188 g/mol. The molecule has 2 aliphatic rings. The van der Waals surface area contributed by atoms with Crippen LogP contribution in [0.15, 0.2) is 0 Å². The third kappa shape index (κ3) is 2.21. The van der Waals surface area contributed by atoms with Gasteiger partial charge in [-0.2, -0.15) is 0 Å². The summed E-state index contributed by atoms with van der Waals surface area (Å²) in [4.78, 5) is 0. The summed E-state index contributed by atoms with van der Waals surface area (Å²) in [7, 11) is 0. The maximum absolute atomic E-state index is 5.89. The Morgan fingerprint density at radius 2 is 1.93 bits per heavy atom. The fourth-order valence-electron chi connectivity index (χ4n) is 3.20. The highest BCUT2D eigenvalue weighted by molar-refractivity contribution is 4.92. The minimum Gasteiger partial charge on any atom is -0.347 e. The molecule has 88 valence electrons. The van der Waals surface area contributed by atoms with E-state index in [-0.39, 0.29) is 5.79 Å². The second-order valence-electron chi connectivity index (χ2n) is 5.13. The zero-order chi connectivity index (χ0) is 10.7. The van der Waals surface area contributed by atoms with Crippen molar-refractivity contribution >= 4 is 0 Å². The Morgan fingerprint density at radius 3 is 2.60 bits per heavy atom. The SMILES string of the molecule is CCCCC[C@@H]1[C@@H](C)CCC12OCCO2. The number of unbranched alkanes of at least 4 members (excludes halogenated alkanes) is 2. The van der Waals surface area contributed by atoms with Crippen molar-refractivity contribution in [2.24, 2.45) is 11.8 Å².